The summed E-state index contributed by atoms with van der Waals surface area (Å²) in [5.41, 5.74) is 0.281. The topological polar surface area (TPSA) is 101 Å². The largest absolute Gasteiger partial charge is 0.316 e. The molecule has 20 heavy (non-hydrogen) atoms. The lowest BCUT2D eigenvalue weighted by atomic mass is 10.0. The van der Waals surface area contributed by atoms with Crippen LogP contribution in [-0.2, 0) is 10.0 Å². The molecule has 7 nitrogen and oxygen atoms in total. The minimum Gasteiger partial charge on any atom is -0.316 e. The summed E-state index contributed by atoms with van der Waals surface area (Å²) in [5.74, 6) is 0.177. The molecule has 0 aliphatic carbocycles. The van der Waals surface area contributed by atoms with Gasteiger partial charge in [-0.3, -0.25) is 14.8 Å². The van der Waals surface area contributed by atoms with E-state index < -0.39 is 14.9 Å². The smallest absolute Gasteiger partial charge is 0.269 e. The summed E-state index contributed by atoms with van der Waals surface area (Å²) < 4.78 is 26.5. The third kappa shape index (κ3) is 4.17. The second-order valence-corrected chi connectivity index (χ2v) is 6.67. The molecule has 1 aromatic rings. The molecule has 1 fully saturated rings. The molecule has 0 saturated carbocycles. The first-order chi connectivity index (χ1) is 9.46. The van der Waals surface area contributed by atoms with E-state index in [1.54, 1.807) is 0 Å². The number of sulfonamides is 1. The fourth-order valence-electron chi connectivity index (χ4n) is 2.25. The van der Waals surface area contributed by atoms with Gasteiger partial charge in [0.2, 0.25) is 10.0 Å². The van der Waals surface area contributed by atoms with Gasteiger partial charge in [0, 0.05) is 17.8 Å². The molecule has 0 spiro atoms. The Balaban J connectivity index is 1.98. The van der Waals surface area contributed by atoms with Crippen molar-refractivity contribution >= 4 is 21.4 Å². The Hall–Kier alpha value is -1.67. The van der Waals surface area contributed by atoms with Crippen molar-refractivity contribution in [3.05, 3.63) is 34.4 Å². The highest BCUT2D eigenvalue weighted by molar-refractivity contribution is 7.92. The van der Waals surface area contributed by atoms with Gasteiger partial charge in [-0.05, 0) is 44.0 Å². The van der Waals surface area contributed by atoms with Crippen LogP contribution in [0.4, 0.5) is 11.4 Å². The lowest BCUT2D eigenvalue weighted by Crippen LogP contribution is -2.35. The molecular formula is C12H17N3O4S. The Morgan fingerprint density at radius 2 is 2.05 bits per heavy atom. The molecule has 1 aliphatic heterocycles. The van der Waals surface area contributed by atoms with Gasteiger partial charge in [-0.15, -0.1) is 0 Å². The molecule has 0 aromatic heterocycles. The van der Waals surface area contributed by atoms with E-state index >= 15 is 0 Å². The second-order valence-electron chi connectivity index (χ2n) is 4.90. The van der Waals surface area contributed by atoms with Crippen LogP contribution in [0.3, 0.4) is 0 Å². The predicted molar refractivity (Wildman–Crippen MR) is 76.1 cm³/mol. The molecule has 1 aromatic carbocycles. The van der Waals surface area contributed by atoms with Crippen LogP contribution in [0.15, 0.2) is 24.3 Å². The van der Waals surface area contributed by atoms with Gasteiger partial charge in [0.15, 0.2) is 0 Å². The van der Waals surface area contributed by atoms with Gasteiger partial charge in [0.1, 0.15) is 0 Å². The molecule has 1 saturated heterocycles. The van der Waals surface area contributed by atoms with Crippen LogP contribution >= 0.6 is 0 Å². The Morgan fingerprint density at radius 1 is 1.35 bits per heavy atom. The highest BCUT2D eigenvalue weighted by atomic mass is 32.2. The summed E-state index contributed by atoms with van der Waals surface area (Å²) in [6, 6.07) is 5.35. The molecule has 0 bridgehead atoms. The molecule has 0 radical (unpaired) electrons. The van der Waals surface area contributed by atoms with Crippen molar-refractivity contribution in [2.45, 2.75) is 12.8 Å². The van der Waals surface area contributed by atoms with Crippen LogP contribution in [0.5, 0.6) is 0 Å². The van der Waals surface area contributed by atoms with Gasteiger partial charge >= 0.3 is 0 Å². The second kappa shape index (κ2) is 6.19. The molecule has 1 atom stereocenters. The Morgan fingerprint density at radius 3 is 2.60 bits per heavy atom. The maximum absolute atomic E-state index is 12.0. The molecule has 2 rings (SSSR count). The monoisotopic (exact) mass is 299 g/mol. The van der Waals surface area contributed by atoms with E-state index in [2.05, 4.69) is 10.0 Å². The van der Waals surface area contributed by atoms with E-state index in [0.29, 0.717) is 12.2 Å². The summed E-state index contributed by atoms with van der Waals surface area (Å²) >= 11 is 0. The number of nitrogens with zero attached hydrogens (tertiary/aromatic N) is 1. The van der Waals surface area contributed by atoms with Crippen LogP contribution in [0, 0.1) is 16.0 Å². The lowest BCUT2D eigenvalue weighted by molar-refractivity contribution is -0.384. The fourth-order valence-corrected chi connectivity index (χ4v) is 3.73. The van der Waals surface area contributed by atoms with Crippen molar-refractivity contribution in [3.63, 3.8) is 0 Å². The number of hydrogen-bond donors (Lipinski definition) is 2. The van der Waals surface area contributed by atoms with Crippen molar-refractivity contribution in [2.75, 3.05) is 23.6 Å². The molecule has 110 valence electrons. The minimum absolute atomic E-state index is 0.0653. The van der Waals surface area contributed by atoms with Crippen molar-refractivity contribution in [2.24, 2.45) is 5.92 Å². The minimum atomic E-state index is -3.43. The average molecular weight is 299 g/mol. The molecule has 1 aliphatic rings. The summed E-state index contributed by atoms with van der Waals surface area (Å²) in [4.78, 5) is 10.00. The standard InChI is InChI=1S/C12H17N3O4S/c16-15(17)12-5-3-11(4-6-12)14-20(18,19)9-10-2-1-7-13-8-10/h3-6,10,13-14H,1-2,7-9H2. The number of anilines is 1. The first kappa shape index (κ1) is 14.7. The van der Waals surface area contributed by atoms with E-state index in [0.717, 1.165) is 19.4 Å². The summed E-state index contributed by atoms with van der Waals surface area (Å²) in [6.07, 6.45) is 1.88. The number of nitro benzene ring substituents is 1. The molecule has 1 unspecified atom stereocenters. The quantitative estimate of drug-likeness (QED) is 0.631. The summed E-state index contributed by atoms with van der Waals surface area (Å²) in [7, 11) is -3.43. The van der Waals surface area contributed by atoms with Crippen molar-refractivity contribution in [3.8, 4) is 0 Å². The number of nitrogens with one attached hydrogen (secondary N) is 2. The molecule has 0 amide bonds. The zero-order valence-electron chi connectivity index (χ0n) is 10.9. The Bertz CT molecular complexity index is 565. The fraction of sp³-hybridized carbons (Fsp3) is 0.500. The van der Waals surface area contributed by atoms with Gasteiger partial charge in [-0.25, -0.2) is 8.42 Å². The number of non-ortho nitro benzene ring substituents is 1. The van der Waals surface area contributed by atoms with Crippen LogP contribution < -0.4 is 10.0 Å². The molecule has 2 N–H and O–H groups in total. The number of hydrogen-bond acceptors (Lipinski definition) is 5. The first-order valence-corrected chi connectivity index (χ1v) is 8.07. The summed E-state index contributed by atoms with van der Waals surface area (Å²) in [6.45, 7) is 1.65. The van der Waals surface area contributed by atoms with E-state index in [4.69, 9.17) is 0 Å². The van der Waals surface area contributed by atoms with Crippen LogP contribution in [-0.4, -0.2) is 32.2 Å². The van der Waals surface area contributed by atoms with Crippen LogP contribution in [0.1, 0.15) is 12.8 Å². The SMILES string of the molecule is O=[N+]([O-])c1ccc(NS(=O)(=O)CC2CCCNC2)cc1. The zero-order valence-corrected chi connectivity index (χ0v) is 11.7. The predicted octanol–water partition coefficient (Wildman–Crippen LogP) is 1.34. The maximum atomic E-state index is 12.0. The molecule has 1 heterocycles. The normalized spacial score (nSPS) is 19.5. The zero-order chi connectivity index (χ0) is 14.6. The number of benzene rings is 1. The van der Waals surface area contributed by atoms with Crippen LogP contribution in [0.2, 0.25) is 0 Å². The Kier molecular flexibility index (Phi) is 4.56. The van der Waals surface area contributed by atoms with Crippen molar-refractivity contribution in [1.82, 2.24) is 5.32 Å². The van der Waals surface area contributed by atoms with Crippen molar-refractivity contribution < 1.29 is 13.3 Å². The van der Waals surface area contributed by atoms with E-state index in [9.17, 15) is 18.5 Å². The van der Waals surface area contributed by atoms with Gasteiger partial charge in [-0.1, -0.05) is 0 Å². The van der Waals surface area contributed by atoms with E-state index in [1.165, 1.54) is 24.3 Å². The first-order valence-electron chi connectivity index (χ1n) is 6.42. The summed E-state index contributed by atoms with van der Waals surface area (Å²) in [5, 5.41) is 13.7. The third-order valence-electron chi connectivity index (χ3n) is 3.21. The van der Waals surface area contributed by atoms with E-state index in [-0.39, 0.29) is 17.4 Å². The third-order valence-corrected chi connectivity index (χ3v) is 4.66. The number of rotatable bonds is 5. The van der Waals surface area contributed by atoms with Gasteiger partial charge in [0.25, 0.3) is 5.69 Å². The number of nitro groups is 1. The molecular weight excluding hydrogens is 282 g/mol. The average Bonchev–Trinajstić information content (AvgIpc) is 2.39. The van der Waals surface area contributed by atoms with Gasteiger partial charge in [0.05, 0.1) is 10.7 Å². The van der Waals surface area contributed by atoms with Gasteiger partial charge in [-0.2, -0.15) is 0 Å². The van der Waals surface area contributed by atoms with Crippen LogP contribution in [0.25, 0.3) is 0 Å². The Labute approximate surface area is 117 Å². The van der Waals surface area contributed by atoms with E-state index in [1.807, 2.05) is 0 Å². The highest BCUT2D eigenvalue weighted by Crippen LogP contribution is 2.18. The maximum Gasteiger partial charge on any atom is 0.269 e. The molecule has 8 heteroatoms. The lowest BCUT2D eigenvalue weighted by Gasteiger charge is -2.22. The van der Waals surface area contributed by atoms with Gasteiger partial charge < -0.3 is 5.32 Å². The highest BCUT2D eigenvalue weighted by Gasteiger charge is 2.21. The van der Waals surface area contributed by atoms with Crippen molar-refractivity contribution in [1.29, 1.82) is 0 Å². The number of piperidine rings is 1.